The number of amides is 1. The van der Waals surface area contributed by atoms with Gasteiger partial charge in [0.15, 0.2) is 0 Å². The van der Waals surface area contributed by atoms with Gasteiger partial charge in [0.1, 0.15) is 0 Å². The summed E-state index contributed by atoms with van der Waals surface area (Å²) in [6.07, 6.45) is 3.96. The number of ether oxygens (including phenoxy) is 1. The van der Waals surface area contributed by atoms with Crippen molar-refractivity contribution in [3.63, 3.8) is 0 Å². The zero-order chi connectivity index (χ0) is 18.9. The molecule has 1 spiro atoms. The summed E-state index contributed by atoms with van der Waals surface area (Å²) in [6.45, 7) is 6.22. The molecule has 4 rings (SSSR count). The fraction of sp³-hybridized carbons (Fsp3) is 0.545. The molecule has 2 saturated heterocycles. The second-order valence-electron chi connectivity index (χ2n) is 7.99. The number of piperidine rings is 1. The summed E-state index contributed by atoms with van der Waals surface area (Å²) in [5.41, 5.74) is 3.06. The molecular weight excluding hydrogens is 338 g/mol. The number of carbonyl (C=O) groups excluding carboxylic acids is 1. The first-order valence-corrected chi connectivity index (χ1v) is 10.0. The predicted octanol–water partition coefficient (Wildman–Crippen LogP) is 3.40. The van der Waals surface area contributed by atoms with Gasteiger partial charge in [0.25, 0.3) is 0 Å². The van der Waals surface area contributed by atoms with Crippen molar-refractivity contribution in [1.82, 2.24) is 9.88 Å². The number of anilines is 1. The highest BCUT2D eigenvalue weighted by molar-refractivity contribution is 5.93. The number of hydrogen-bond donors (Lipinski definition) is 0. The van der Waals surface area contributed by atoms with Gasteiger partial charge in [-0.15, -0.1) is 0 Å². The Labute approximate surface area is 161 Å². The Morgan fingerprint density at radius 2 is 2.07 bits per heavy atom. The Morgan fingerprint density at radius 1 is 1.22 bits per heavy atom. The summed E-state index contributed by atoms with van der Waals surface area (Å²) in [6, 6.07) is 10.5. The van der Waals surface area contributed by atoms with Crippen LogP contribution in [-0.4, -0.2) is 55.7 Å². The Balaban J connectivity index is 1.57. The molecule has 2 fully saturated rings. The van der Waals surface area contributed by atoms with Crippen molar-refractivity contribution in [2.24, 2.45) is 5.41 Å². The summed E-state index contributed by atoms with van der Waals surface area (Å²) >= 11 is 0. The van der Waals surface area contributed by atoms with Crippen LogP contribution in [0.1, 0.15) is 31.4 Å². The van der Waals surface area contributed by atoms with Gasteiger partial charge in [-0.1, -0.05) is 18.2 Å². The number of para-hydroxylation sites is 1. The summed E-state index contributed by atoms with van der Waals surface area (Å²) in [5.74, 6) is 0.349. The van der Waals surface area contributed by atoms with Crippen LogP contribution in [0.25, 0.3) is 10.9 Å². The smallest absolute Gasteiger partial charge is 0.230 e. The standard InChI is InChI=1S/C22H29N3O2/c1-17-15-20(18-7-3-4-8-19(18)23-17)25-13-10-22(16-25)9-5-11-24(21(22)26)12-6-14-27-2/h3-4,7-8,15H,5-6,9-14,16H2,1-2H3/t22-/m1/s1. The van der Waals surface area contributed by atoms with Gasteiger partial charge in [-0.25, -0.2) is 0 Å². The summed E-state index contributed by atoms with van der Waals surface area (Å²) in [7, 11) is 1.72. The molecule has 0 unspecified atom stereocenters. The van der Waals surface area contributed by atoms with Crippen LogP contribution in [0, 0.1) is 12.3 Å². The Kier molecular flexibility index (Phi) is 5.04. The molecule has 1 aromatic carbocycles. The SMILES string of the molecule is COCCCN1CCC[C@]2(CCN(c3cc(C)nc4ccccc34)C2)C1=O. The van der Waals surface area contributed by atoms with E-state index in [9.17, 15) is 4.79 Å². The van der Waals surface area contributed by atoms with Crippen LogP contribution in [-0.2, 0) is 9.53 Å². The van der Waals surface area contributed by atoms with E-state index in [0.29, 0.717) is 12.5 Å². The van der Waals surface area contributed by atoms with E-state index >= 15 is 0 Å². The first-order valence-electron chi connectivity index (χ1n) is 10.0. The van der Waals surface area contributed by atoms with Crippen LogP contribution in [0.3, 0.4) is 0 Å². The third-order valence-corrected chi connectivity index (χ3v) is 6.12. The quantitative estimate of drug-likeness (QED) is 0.760. The zero-order valence-electron chi connectivity index (χ0n) is 16.4. The van der Waals surface area contributed by atoms with Gasteiger partial charge < -0.3 is 14.5 Å². The maximum absolute atomic E-state index is 13.3. The lowest BCUT2D eigenvalue weighted by Crippen LogP contribution is -2.50. The van der Waals surface area contributed by atoms with Crippen molar-refractivity contribution >= 4 is 22.5 Å². The maximum atomic E-state index is 13.3. The van der Waals surface area contributed by atoms with Gasteiger partial charge >= 0.3 is 0 Å². The molecule has 144 valence electrons. The number of fused-ring (bicyclic) bond motifs is 1. The van der Waals surface area contributed by atoms with Crippen molar-refractivity contribution in [3.05, 3.63) is 36.0 Å². The highest BCUT2D eigenvalue weighted by atomic mass is 16.5. The van der Waals surface area contributed by atoms with Crippen molar-refractivity contribution in [3.8, 4) is 0 Å². The molecule has 0 saturated carbocycles. The molecule has 1 amide bonds. The largest absolute Gasteiger partial charge is 0.385 e. The molecule has 0 radical (unpaired) electrons. The number of rotatable bonds is 5. The number of pyridine rings is 1. The van der Waals surface area contributed by atoms with E-state index in [4.69, 9.17) is 4.74 Å². The predicted molar refractivity (Wildman–Crippen MR) is 108 cm³/mol. The molecular formula is C22H29N3O2. The number of aryl methyl sites for hydroxylation is 1. The van der Waals surface area contributed by atoms with E-state index in [0.717, 1.165) is 63.1 Å². The normalized spacial score (nSPS) is 23.0. The monoisotopic (exact) mass is 367 g/mol. The molecule has 1 aromatic heterocycles. The molecule has 0 aliphatic carbocycles. The number of methoxy groups -OCH3 is 1. The summed E-state index contributed by atoms with van der Waals surface area (Å²) < 4.78 is 5.16. The molecule has 2 aliphatic heterocycles. The third kappa shape index (κ3) is 3.41. The number of likely N-dealkylation sites (tertiary alicyclic amines) is 1. The zero-order valence-corrected chi connectivity index (χ0v) is 16.4. The summed E-state index contributed by atoms with van der Waals surface area (Å²) in [4.78, 5) is 22.4. The first kappa shape index (κ1) is 18.2. The Bertz CT molecular complexity index is 837. The van der Waals surface area contributed by atoms with Crippen LogP contribution in [0.4, 0.5) is 5.69 Å². The van der Waals surface area contributed by atoms with E-state index in [1.165, 1.54) is 11.1 Å². The Hall–Kier alpha value is -2.14. The topological polar surface area (TPSA) is 45.7 Å². The van der Waals surface area contributed by atoms with Gasteiger partial charge in [-0.3, -0.25) is 9.78 Å². The van der Waals surface area contributed by atoms with E-state index in [1.807, 2.05) is 13.0 Å². The highest BCUT2D eigenvalue weighted by Crippen LogP contribution is 2.43. The number of benzene rings is 1. The lowest BCUT2D eigenvalue weighted by molar-refractivity contribution is -0.145. The Morgan fingerprint density at radius 3 is 2.93 bits per heavy atom. The van der Waals surface area contributed by atoms with Gasteiger partial charge in [0.05, 0.1) is 10.9 Å². The number of aromatic nitrogens is 1. The molecule has 1 atom stereocenters. The van der Waals surface area contributed by atoms with Crippen molar-refractivity contribution in [2.75, 3.05) is 44.8 Å². The molecule has 0 bridgehead atoms. The van der Waals surface area contributed by atoms with Gasteiger partial charge in [0, 0.05) is 56.7 Å². The second-order valence-corrected chi connectivity index (χ2v) is 7.99. The fourth-order valence-electron chi connectivity index (χ4n) is 4.77. The van der Waals surface area contributed by atoms with E-state index in [2.05, 4.69) is 39.0 Å². The second kappa shape index (κ2) is 7.47. The number of carbonyl (C=O) groups is 1. The molecule has 2 aliphatic rings. The van der Waals surface area contributed by atoms with Crippen molar-refractivity contribution < 1.29 is 9.53 Å². The van der Waals surface area contributed by atoms with Gasteiger partial charge in [-0.2, -0.15) is 0 Å². The molecule has 27 heavy (non-hydrogen) atoms. The van der Waals surface area contributed by atoms with Crippen molar-refractivity contribution in [1.29, 1.82) is 0 Å². The van der Waals surface area contributed by atoms with Crippen LogP contribution >= 0.6 is 0 Å². The lowest BCUT2D eigenvalue weighted by Gasteiger charge is -2.39. The van der Waals surface area contributed by atoms with Crippen molar-refractivity contribution in [2.45, 2.75) is 32.6 Å². The van der Waals surface area contributed by atoms with Crippen LogP contribution in [0.5, 0.6) is 0 Å². The van der Waals surface area contributed by atoms with Gasteiger partial charge in [-0.05, 0) is 44.7 Å². The molecule has 0 N–H and O–H groups in total. The fourth-order valence-corrected chi connectivity index (χ4v) is 4.77. The van der Waals surface area contributed by atoms with E-state index in [1.54, 1.807) is 7.11 Å². The molecule has 3 heterocycles. The van der Waals surface area contributed by atoms with E-state index < -0.39 is 0 Å². The molecule has 5 heteroatoms. The first-order chi connectivity index (χ1) is 13.1. The average Bonchev–Trinajstić information content (AvgIpc) is 3.09. The minimum absolute atomic E-state index is 0.219. The average molecular weight is 367 g/mol. The van der Waals surface area contributed by atoms with Crippen LogP contribution in [0.2, 0.25) is 0 Å². The van der Waals surface area contributed by atoms with Crippen LogP contribution in [0.15, 0.2) is 30.3 Å². The van der Waals surface area contributed by atoms with E-state index in [-0.39, 0.29) is 5.41 Å². The van der Waals surface area contributed by atoms with Gasteiger partial charge in [0.2, 0.25) is 5.91 Å². The summed E-state index contributed by atoms with van der Waals surface area (Å²) in [5, 5.41) is 1.18. The minimum Gasteiger partial charge on any atom is -0.385 e. The van der Waals surface area contributed by atoms with Crippen LogP contribution < -0.4 is 4.90 Å². The highest BCUT2D eigenvalue weighted by Gasteiger charge is 2.48. The third-order valence-electron chi connectivity index (χ3n) is 6.12. The number of hydrogen-bond acceptors (Lipinski definition) is 4. The maximum Gasteiger partial charge on any atom is 0.230 e. The molecule has 2 aromatic rings. The molecule has 5 nitrogen and oxygen atoms in total. The number of nitrogens with zero attached hydrogens (tertiary/aromatic N) is 3. The minimum atomic E-state index is -0.219. The lowest BCUT2D eigenvalue weighted by atomic mass is 9.78.